The number of likely N-dealkylation sites (tertiary alicyclic amines) is 1. The Morgan fingerprint density at radius 3 is 2.63 bits per heavy atom. The van der Waals surface area contributed by atoms with Crippen LogP contribution in [-0.2, 0) is 4.79 Å². The van der Waals surface area contributed by atoms with E-state index in [1.807, 2.05) is 29.2 Å². The van der Waals surface area contributed by atoms with E-state index in [1.54, 1.807) is 24.3 Å². The van der Waals surface area contributed by atoms with E-state index in [4.69, 9.17) is 9.47 Å². The van der Waals surface area contributed by atoms with Crippen molar-refractivity contribution in [1.29, 1.82) is 0 Å². The SMILES string of the molecule is O=C(NCC(=O)N1CCC[C@@H]1c1ccc2c(c1)OCCO2)c1ccccc1. The van der Waals surface area contributed by atoms with Crippen LogP contribution in [0, 0.1) is 0 Å². The zero-order valence-corrected chi connectivity index (χ0v) is 15.0. The number of amides is 2. The Balaban J connectivity index is 1.42. The van der Waals surface area contributed by atoms with Gasteiger partial charge in [0.25, 0.3) is 5.91 Å². The van der Waals surface area contributed by atoms with Crippen LogP contribution in [0.2, 0.25) is 0 Å². The first-order valence-corrected chi connectivity index (χ1v) is 9.24. The molecule has 0 saturated carbocycles. The van der Waals surface area contributed by atoms with E-state index >= 15 is 0 Å². The Bertz CT molecular complexity index is 837. The maximum atomic E-state index is 12.7. The molecule has 2 aliphatic rings. The molecule has 4 rings (SSSR count). The van der Waals surface area contributed by atoms with Gasteiger partial charge in [-0.2, -0.15) is 0 Å². The standard InChI is InChI=1S/C21H22N2O4/c24-20(14-22-21(25)15-5-2-1-3-6-15)23-10-4-7-17(23)16-8-9-18-19(13-16)27-12-11-26-18/h1-3,5-6,8-9,13,17H,4,7,10-12,14H2,(H,22,25)/t17-/m1/s1. The second-order valence-corrected chi connectivity index (χ2v) is 6.70. The summed E-state index contributed by atoms with van der Waals surface area (Å²) >= 11 is 0. The van der Waals surface area contributed by atoms with Crippen molar-refractivity contribution in [3.63, 3.8) is 0 Å². The van der Waals surface area contributed by atoms with Crippen LogP contribution in [0.1, 0.15) is 34.8 Å². The third-order valence-corrected chi connectivity index (χ3v) is 4.96. The second-order valence-electron chi connectivity index (χ2n) is 6.70. The van der Waals surface area contributed by atoms with Crippen LogP contribution in [-0.4, -0.2) is 43.0 Å². The molecule has 2 aromatic carbocycles. The zero-order chi connectivity index (χ0) is 18.6. The lowest BCUT2D eigenvalue weighted by atomic mass is 10.0. The molecular formula is C21H22N2O4. The number of hydrogen-bond donors (Lipinski definition) is 1. The minimum absolute atomic E-state index is 0.00181. The fraction of sp³-hybridized carbons (Fsp3) is 0.333. The van der Waals surface area contributed by atoms with E-state index in [2.05, 4.69) is 5.32 Å². The van der Waals surface area contributed by atoms with Crippen LogP contribution in [0.25, 0.3) is 0 Å². The lowest BCUT2D eigenvalue weighted by molar-refractivity contribution is -0.131. The van der Waals surface area contributed by atoms with Crippen LogP contribution in [0.5, 0.6) is 11.5 Å². The van der Waals surface area contributed by atoms with E-state index in [0.717, 1.165) is 29.9 Å². The normalized spacial score (nSPS) is 18.2. The number of rotatable bonds is 4. The van der Waals surface area contributed by atoms with Crippen LogP contribution in [0.4, 0.5) is 0 Å². The van der Waals surface area contributed by atoms with Gasteiger partial charge in [0.05, 0.1) is 12.6 Å². The maximum absolute atomic E-state index is 12.7. The van der Waals surface area contributed by atoms with E-state index in [1.165, 1.54) is 0 Å². The van der Waals surface area contributed by atoms with Crippen LogP contribution < -0.4 is 14.8 Å². The van der Waals surface area contributed by atoms with Gasteiger partial charge in [-0.1, -0.05) is 24.3 Å². The number of hydrogen-bond acceptors (Lipinski definition) is 4. The average Bonchev–Trinajstić information content (AvgIpc) is 3.22. The topological polar surface area (TPSA) is 67.9 Å². The Kier molecular flexibility index (Phi) is 4.96. The van der Waals surface area contributed by atoms with Gasteiger partial charge in [-0.05, 0) is 42.7 Å². The number of fused-ring (bicyclic) bond motifs is 1. The predicted octanol–water partition coefficient (Wildman–Crippen LogP) is 2.55. The maximum Gasteiger partial charge on any atom is 0.251 e. The van der Waals surface area contributed by atoms with Crippen molar-refractivity contribution in [3.05, 3.63) is 59.7 Å². The summed E-state index contributed by atoms with van der Waals surface area (Å²) < 4.78 is 11.2. The summed E-state index contributed by atoms with van der Waals surface area (Å²) in [6, 6.07) is 14.8. The minimum atomic E-state index is -0.237. The van der Waals surface area contributed by atoms with Gasteiger partial charge in [0.15, 0.2) is 11.5 Å². The molecule has 2 aromatic rings. The molecule has 1 atom stereocenters. The Morgan fingerprint density at radius 1 is 1.04 bits per heavy atom. The summed E-state index contributed by atoms with van der Waals surface area (Å²) in [5.41, 5.74) is 1.59. The highest BCUT2D eigenvalue weighted by Crippen LogP contribution is 2.38. The van der Waals surface area contributed by atoms with Gasteiger partial charge in [0.2, 0.25) is 5.91 Å². The average molecular weight is 366 g/mol. The van der Waals surface area contributed by atoms with Crippen molar-refractivity contribution in [1.82, 2.24) is 10.2 Å². The van der Waals surface area contributed by atoms with Crippen molar-refractivity contribution in [2.45, 2.75) is 18.9 Å². The largest absolute Gasteiger partial charge is 0.486 e. The van der Waals surface area contributed by atoms with Crippen LogP contribution in [0.3, 0.4) is 0 Å². The monoisotopic (exact) mass is 366 g/mol. The van der Waals surface area contributed by atoms with E-state index < -0.39 is 0 Å². The Hall–Kier alpha value is -3.02. The minimum Gasteiger partial charge on any atom is -0.486 e. The number of nitrogens with one attached hydrogen (secondary N) is 1. The highest BCUT2D eigenvalue weighted by molar-refractivity contribution is 5.96. The molecule has 0 unspecified atom stereocenters. The van der Waals surface area contributed by atoms with Gasteiger partial charge in [-0.15, -0.1) is 0 Å². The summed E-state index contributed by atoms with van der Waals surface area (Å²) in [7, 11) is 0. The molecule has 6 nitrogen and oxygen atoms in total. The fourth-order valence-corrected chi connectivity index (χ4v) is 3.63. The van der Waals surface area contributed by atoms with Gasteiger partial charge in [0, 0.05) is 12.1 Å². The van der Waals surface area contributed by atoms with Crippen LogP contribution >= 0.6 is 0 Å². The molecule has 1 N–H and O–H groups in total. The molecule has 0 radical (unpaired) electrons. The van der Waals surface area contributed by atoms with Crippen LogP contribution in [0.15, 0.2) is 48.5 Å². The Morgan fingerprint density at radius 2 is 1.81 bits per heavy atom. The van der Waals surface area contributed by atoms with Gasteiger partial charge in [-0.3, -0.25) is 9.59 Å². The molecule has 0 spiro atoms. The first-order valence-electron chi connectivity index (χ1n) is 9.24. The van der Waals surface area contributed by atoms with Gasteiger partial charge < -0.3 is 19.7 Å². The van der Waals surface area contributed by atoms with E-state index in [0.29, 0.717) is 25.3 Å². The van der Waals surface area contributed by atoms with Crippen molar-refractivity contribution >= 4 is 11.8 Å². The van der Waals surface area contributed by atoms with Gasteiger partial charge in [-0.25, -0.2) is 0 Å². The lowest BCUT2D eigenvalue weighted by Gasteiger charge is -2.27. The van der Waals surface area contributed by atoms with E-state index in [-0.39, 0.29) is 24.4 Å². The molecule has 27 heavy (non-hydrogen) atoms. The number of nitrogens with zero attached hydrogens (tertiary/aromatic N) is 1. The highest BCUT2D eigenvalue weighted by atomic mass is 16.6. The van der Waals surface area contributed by atoms with Crippen molar-refractivity contribution < 1.29 is 19.1 Å². The number of carbonyl (C=O) groups excluding carboxylic acids is 2. The predicted molar refractivity (Wildman–Crippen MR) is 99.9 cm³/mol. The van der Waals surface area contributed by atoms with E-state index in [9.17, 15) is 9.59 Å². The number of benzene rings is 2. The van der Waals surface area contributed by atoms with Gasteiger partial charge in [0.1, 0.15) is 13.2 Å². The Labute approximate surface area is 158 Å². The molecule has 0 bridgehead atoms. The van der Waals surface area contributed by atoms with Gasteiger partial charge >= 0.3 is 0 Å². The van der Waals surface area contributed by atoms with Crippen molar-refractivity contribution in [3.8, 4) is 11.5 Å². The second kappa shape index (κ2) is 7.70. The molecule has 1 fully saturated rings. The fourth-order valence-electron chi connectivity index (χ4n) is 3.63. The molecular weight excluding hydrogens is 344 g/mol. The van der Waals surface area contributed by atoms with Crippen molar-refractivity contribution in [2.24, 2.45) is 0 Å². The highest BCUT2D eigenvalue weighted by Gasteiger charge is 2.30. The summed E-state index contributed by atoms with van der Waals surface area (Å²) in [5, 5.41) is 2.72. The zero-order valence-electron chi connectivity index (χ0n) is 15.0. The lowest BCUT2D eigenvalue weighted by Crippen LogP contribution is -2.39. The molecule has 2 aliphatic heterocycles. The molecule has 1 saturated heterocycles. The number of ether oxygens (including phenoxy) is 2. The molecule has 0 aliphatic carbocycles. The first-order chi connectivity index (χ1) is 13.2. The third kappa shape index (κ3) is 3.74. The molecule has 140 valence electrons. The molecule has 6 heteroatoms. The third-order valence-electron chi connectivity index (χ3n) is 4.96. The molecule has 2 amide bonds. The summed E-state index contributed by atoms with van der Waals surface area (Å²) in [4.78, 5) is 26.7. The number of carbonyl (C=O) groups is 2. The quantitative estimate of drug-likeness (QED) is 0.903. The van der Waals surface area contributed by atoms with Crippen molar-refractivity contribution in [2.75, 3.05) is 26.3 Å². The smallest absolute Gasteiger partial charge is 0.251 e. The summed E-state index contributed by atoms with van der Waals surface area (Å²) in [5.74, 6) is 1.17. The summed E-state index contributed by atoms with van der Waals surface area (Å²) in [6.07, 6.45) is 1.84. The molecule has 2 heterocycles. The summed E-state index contributed by atoms with van der Waals surface area (Å²) in [6.45, 7) is 1.78. The first kappa shape index (κ1) is 17.4. The molecule has 0 aromatic heterocycles.